The third kappa shape index (κ3) is 2.25. The Hall–Kier alpha value is -1.87. The summed E-state index contributed by atoms with van der Waals surface area (Å²) in [6.07, 6.45) is 7.39. The topological polar surface area (TPSA) is 32.3 Å². The van der Waals surface area contributed by atoms with Gasteiger partial charge in [-0.15, -0.1) is 0 Å². The normalized spacial score (nSPS) is 30.4. The molecular weight excluding hydrogens is 313 g/mol. The monoisotopic (exact) mass is 337 g/mol. The maximum Gasteiger partial charge on any atom is 0.123 e. The van der Waals surface area contributed by atoms with E-state index in [1.165, 1.54) is 55.4 Å². The van der Waals surface area contributed by atoms with Gasteiger partial charge in [-0.2, -0.15) is 0 Å². The quantitative estimate of drug-likeness (QED) is 0.800. The largest absolute Gasteiger partial charge is 0.507 e. The second kappa shape index (κ2) is 5.57. The molecule has 130 valence electrons. The first kappa shape index (κ1) is 15.4. The van der Waals surface area contributed by atoms with E-state index in [4.69, 9.17) is 0 Å². The first-order valence-corrected chi connectivity index (χ1v) is 9.53. The van der Waals surface area contributed by atoms with E-state index in [1.54, 1.807) is 12.1 Å². The molecule has 0 spiro atoms. The molecule has 3 heteroatoms. The van der Waals surface area contributed by atoms with Gasteiger partial charge in [-0.05, 0) is 79.1 Å². The van der Waals surface area contributed by atoms with Gasteiger partial charge in [0.25, 0.3) is 0 Å². The van der Waals surface area contributed by atoms with E-state index in [1.807, 2.05) is 6.07 Å². The average Bonchev–Trinajstić information content (AvgIpc) is 2.63. The number of hydrogen-bond donors (Lipinski definition) is 2. The van der Waals surface area contributed by atoms with Crippen molar-refractivity contribution in [3.05, 3.63) is 53.3 Å². The molecular formula is C22H24FNO. The molecule has 3 atom stereocenters. The van der Waals surface area contributed by atoms with Crippen molar-refractivity contribution in [2.45, 2.75) is 50.0 Å². The Labute approximate surface area is 148 Å². The van der Waals surface area contributed by atoms with Crippen LogP contribution in [0, 0.1) is 11.7 Å². The van der Waals surface area contributed by atoms with E-state index >= 15 is 0 Å². The van der Waals surface area contributed by atoms with E-state index in [2.05, 4.69) is 11.4 Å². The molecule has 2 nitrogen and oxygen atoms in total. The number of hydrogen-bond acceptors (Lipinski definition) is 2. The van der Waals surface area contributed by atoms with Gasteiger partial charge in [0.2, 0.25) is 0 Å². The minimum absolute atomic E-state index is 0.246. The molecule has 2 aliphatic carbocycles. The molecule has 1 heterocycles. The van der Waals surface area contributed by atoms with Gasteiger partial charge >= 0.3 is 0 Å². The van der Waals surface area contributed by atoms with Crippen molar-refractivity contribution in [1.29, 1.82) is 0 Å². The molecule has 2 fully saturated rings. The van der Waals surface area contributed by atoms with Crippen LogP contribution in [0.2, 0.25) is 0 Å². The zero-order valence-corrected chi connectivity index (χ0v) is 14.4. The summed E-state index contributed by atoms with van der Waals surface area (Å²) in [6, 6.07) is 11.2. The summed E-state index contributed by atoms with van der Waals surface area (Å²) in [5.41, 5.74) is 4.71. The van der Waals surface area contributed by atoms with Crippen LogP contribution in [0.1, 0.15) is 43.2 Å². The van der Waals surface area contributed by atoms with E-state index in [-0.39, 0.29) is 11.2 Å². The lowest BCUT2D eigenvalue weighted by Gasteiger charge is -2.56. The number of benzene rings is 2. The van der Waals surface area contributed by atoms with Gasteiger partial charge in [-0.3, -0.25) is 0 Å². The van der Waals surface area contributed by atoms with Crippen molar-refractivity contribution in [3.8, 4) is 16.9 Å². The van der Waals surface area contributed by atoms with E-state index in [0.717, 1.165) is 24.1 Å². The van der Waals surface area contributed by atoms with E-state index < -0.39 is 0 Å². The van der Waals surface area contributed by atoms with Crippen molar-refractivity contribution >= 4 is 0 Å². The average molecular weight is 337 g/mol. The molecule has 2 aromatic rings. The van der Waals surface area contributed by atoms with Gasteiger partial charge in [0, 0.05) is 17.0 Å². The molecule has 0 unspecified atom stereocenters. The van der Waals surface area contributed by atoms with Crippen LogP contribution in [0.4, 0.5) is 4.39 Å². The number of fused-ring (bicyclic) bond motifs is 1. The lowest BCUT2D eigenvalue weighted by molar-refractivity contribution is 0.0796. The Balaban J connectivity index is 1.65. The predicted octanol–water partition coefficient (Wildman–Crippen LogP) is 4.54. The SMILES string of the molecule is Oc1cc2c(cc1-c1ccc(F)cc1)C[C@@H]1NCC[C@]23CCCC[C@H]13. The van der Waals surface area contributed by atoms with Crippen molar-refractivity contribution < 1.29 is 9.50 Å². The van der Waals surface area contributed by atoms with Crippen molar-refractivity contribution in [2.75, 3.05) is 6.54 Å². The lowest BCUT2D eigenvalue weighted by Crippen LogP contribution is -2.59. The summed E-state index contributed by atoms with van der Waals surface area (Å²) in [7, 11) is 0. The molecule has 1 saturated heterocycles. The van der Waals surface area contributed by atoms with Crippen LogP contribution in [0.5, 0.6) is 5.75 Å². The summed E-state index contributed by atoms with van der Waals surface area (Å²) < 4.78 is 13.2. The highest BCUT2D eigenvalue weighted by atomic mass is 19.1. The Bertz CT molecular complexity index is 812. The Morgan fingerprint density at radius 3 is 2.76 bits per heavy atom. The third-order valence-electron chi connectivity index (χ3n) is 6.91. The second-order valence-electron chi connectivity index (χ2n) is 8.06. The fourth-order valence-corrected chi connectivity index (χ4v) is 5.83. The third-order valence-corrected chi connectivity index (χ3v) is 6.91. The molecule has 25 heavy (non-hydrogen) atoms. The van der Waals surface area contributed by atoms with E-state index in [0.29, 0.717) is 17.7 Å². The minimum atomic E-state index is -0.246. The summed E-state index contributed by atoms with van der Waals surface area (Å²) in [5.74, 6) is 0.795. The summed E-state index contributed by atoms with van der Waals surface area (Å²) >= 11 is 0. The summed E-state index contributed by atoms with van der Waals surface area (Å²) in [5, 5.41) is 14.5. The molecule has 2 N–H and O–H groups in total. The number of halogens is 1. The number of phenols is 1. The smallest absolute Gasteiger partial charge is 0.123 e. The van der Waals surface area contributed by atoms with E-state index in [9.17, 15) is 9.50 Å². The second-order valence-corrected chi connectivity index (χ2v) is 8.06. The van der Waals surface area contributed by atoms with Crippen LogP contribution in [0.15, 0.2) is 36.4 Å². The van der Waals surface area contributed by atoms with Crippen LogP contribution in [0.3, 0.4) is 0 Å². The zero-order chi connectivity index (χ0) is 17.0. The number of aromatic hydroxyl groups is 1. The Morgan fingerprint density at radius 1 is 1.08 bits per heavy atom. The fraction of sp³-hybridized carbons (Fsp3) is 0.455. The van der Waals surface area contributed by atoms with Gasteiger partial charge < -0.3 is 10.4 Å². The number of nitrogens with one attached hydrogen (secondary N) is 1. The van der Waals surface area contributed by atoms with Gasteiger partial charge in [-0.25, -0.2) is 4.39 Å². The summed E-state index contributed by atoms with van der Waals surface area (Å²) in [4.78, 5) is 0. The van der Waals surface area contributed by atoms with Crippen LogP contribution in [-0.2, 0) is 11.8 Å². The Kier molecular flexibility index (Phi) is 3.43. The maximum absolute atomic E-state index is 13.2. The van der Waals surface area contributed by atoms with Crippen molar-refractivity contribution in [2.24, 2.45) is 5.92 Å². The number of piperidine rings is 1. The van der Waals surface area contributed by atoms with Crippen LogP contribution in [-0.4, -0.2) is 17.7 Å². The number of phenolic OH excluding ortho intramolecular Hbond substituents is 1. The van der Waals surface area contributed by atoms with Crippen LogP contribution < -0.4 is 5.32 Å². The molecule has 0 amide bonds. The molecule has 5 rings (SSSR count). The van der Waals surface area contributed by atoms with Crippen LogP contribution in [0.25, 0.3) is 11.1 Å². The maximum atomic E-state index is 13.2. The van der Waals surface area contributed by atoms with Crippen molar-refractivity contribution in [1.82, 2.24) is 5.32 Å². The molecule has 1 saturated carbocycles. The summed E-state index contributed by atoms with van der Waals surface area (Å²) in [6.45, 7) is 1.08. The van der Waals surface area contributed by atoms with Gasteiger partial charge in [-0.1, -0.05) is 25.0 Å². The first-order chi connectivity index (χ1) is 12.2. The molecule has 0 aromatic heterocycles. The molecule has 2 bridgehead atoms. The Morgan fingerprint density at radius 2 is 1.92 bits per heavy atom. The van der Waals surface area contributed by atoms with Crippen molar-refractivity contribution in [3.63, 3.8) is 0 Å². The zero-order valence-electron chi connectivity index (χ0n) is 14.4. The first-order valence-electron chi connectivity index (χ1n) is 9.53. The molecule has 3 aliphatic rings. The fourth-order valence-electron chi connectivity index (χ4n) is 5.83. The highest BCUT2D eigenvalue weighted by Crippen LogP contribution is 2.55. The molecule has 0 radical (unpaired) electrons. The molecule has 1 aliphatic heterocycles. The van der Waals surface area contributed by atoms with Crippen LogP contribution >= 0.6 is 0 Å². The highest BCUT2D eigenvalue weighted by Gasteiger charge is 2.51. The standard InChI is InChI=1S/C22H24FNO/c23-16-6-4-14(5-7-16)17-11-15-12-20-18-3-1-2-8-22(18,9-10-24-20)19(15)13-21(17)25/h4-7,11,13,18,20,24-25H,1-3,8-10,12H2/t18-,20+,22+/m1/s1. The van der Waals surface area contributed by atoms with Gasteiger partial charge in [0.1, 0.15) is 11.6 Å². The number of rotatable bonds is 1. The van der Waals surface area contributed by atoms with Gasteiger partial charge in [0.15, 0.2) is 0 Å². The van der Waals surface area contributed by atoms with Gasteiger partial charge in [0.05, 0.1) is 0 Å². The minimum Gasteiger partial charge on any atom is -0.507 e. The highest BCUT2D eigenvalue weighted by molar-refractivity contribution is 5.72. The molecule has 2 aromatic carbocycles. The predicted molar refractivity (Wildman–Crippen MR) is 97.2 cm³/mol. The lowest BCUT2D eigenvalue weighted by atomic mass is 9.52.